The van der Waals surface area contributed by atoms with E-state index in [1.54, 1.807) is 6.07 Å². The number of carbonyl (C=O) groups excluding carboxylic acids is 1. The molecule has 2 aromatic rings. The van der Waals surface area contributed by atoms with Gasteiger partial charge >= 0.3 is 0 Å². The molecule has 0 spiro atoms. The molecule has 4 nitrogen and oxygen atoms in total. The topological polar surface area (TPSA) is 60.0 Å². The molecule has 0 unspecified atom stereocenters. The number of hydrogen-bond acceptors (Lipinski definition) is 2. The van der Waals surface area contributed by atoms with Crippen molar-refractivity contribution >= 4 is 45.6 Å². The second-order valence-corrected chi connectivity index (χ2v) is 5.99. The number of aryl methyl sites for hydroxylation is 1. The minimum Gasteiger partial charge on any atom is -0.399 e. The van der Waals surface area contributed by atoms with Crippen LogP contribution in [-0.4, -0.2) is 10.5 Å². The van der Waals surface area contributed by atoms with Crippen molar-refractivity contribution in [3.8, 4) is 0 Å². The summed E-state index contributed by atoms with van der Waals surface area (Å²) in [6, 6.07) is 7.51. The molecule has 0 radical (unpaired) electrons. The maximum Gasteiger partial charge on any atom is 0.272 e. The van der Waals surface area contributed by atoms with Crippen molar-refractivity contribution in [2.45, 2.75) is 26.8 Å². The Bertz CT molecular complexity index is 652. The number of nitrogens with zero attached hydrogens (tertiary/aromatic N) is 1. The number of aromatic nitrogens is 1. The zero-order chi connectivity index (χ0) is 14.9. The molecule has 21 heavy (non-hydrogen) atoms. The summed E-state index contributed by atoms with van der Waals surface area (Å²) in [7, 11) is 0. The Labute approximate surface area is 139 Å². The smallest absolute Gasteiger partial charge is 0.272 e. The largest absolute Gasteiger partial charge is 0.399 e. The third-order valence-corrected chi connectivity index (χ3v) is 3.55. The summed E-state index contributed by atoms with van der Waals surface area (Å²) in [6.07, 6.45) is 1.91. The number of hydrogen-bond donors (Lipinski definition) is 2. The van der Waals surface area contributed by atoms with E-state index in [4.69, 9.17) is 5.73 Å². The van der Waals surface area contributed by atoms with Crippen molar-refractivity contribution < 1.29 is 4.79 Å². The van der Waals surface area contributed by atoms with E-state index in [2.05, 4.69) is 21.2 Å². The second-order valence-electron chi connectivity index (χ2n) is 5.07. The van der Waals surface area contributed by atoms with Gasteiger partial charge in [0.2, 0.25) is 0 Å². The molecule has 114 valence electrons. The first-order valence-electron chi connectivity index (χ1n) is 6.43. The molecule has 0 saturated carbocycles. The van der Waals surface area contributed by atoms with Gasteiger partial charge in [0.25, 0.3) is 5.91 Å². The minimum absolute atomic E-state index is 0. The van der Waals surface area contributed by atoms with Gasteiger partial charge < -0.3 is 15.6 Å². The number of nitrogen functional groups attached to an aromatic ring is 1. The standard InChI is InChI=1S/C15H18BrN3O.ClH/c1-9(2)19-8-11(16)6-14(19)15(20)18-13-7-12(17)5-4-10(13)3;/h4-9H,17H2,1-3H3,(H,18,20);1H. The zero-order valence-electron chi connectivity index (χ0n) is 12.2. The average molecular weight is 373 g/mol. The molecular weight excluding hydrogens is 354 g/mol. The minimum atomic E-state index is -0.141. The normalized spacial score (nSPS) is 10.3. The maximum atomic E-state index is 12.4. The van der Waals surface area contributed by atoms with Crippen LogP contribution < -0.4 is 11.1 Å². The number of nitrogens with one attached hydrogen (secondary N) is 1. The van der Waals surface area contributed by atoms with Crippen LogP contribution in [0.25, 0.3) is 0 Å². The number of rotatable bonds is 3. The van der Waals surface area contributed by atoms with E-state index >= 15 is 0 Å². The van der Waals surface area contributed by atoms with Crippen LogP contribution in [0.4, 0.5) is 11.4 Å². The van der Waals surface area contributed by atoms with Crippen LogP contribution in [0.3, 0.4) is 0 Å². The van der Waals surface area contributed by atoms with Gasteiger partial charge in [0.05, 0.1) is 0 Å². The molecule has 6 heteroatoms. The Morgan fingerprint density at radius 3 is 2.62 bits per heavy atom. The molecule has 0 aliphatic carbocycles. The van der Waals surface area contributed by atoms with Gasteiger partial charge in [0, 0.05) is 28.1 Å². The lowest BCUT2D eigenvalue weighted by Gasteiger charge is -2.14. The van der Waals surface area contributed by atoms with Crippen molar-refractivity contribution in [1.29, 1.82) is 0 Å². The monoisotopic (exact) mass is 371 g/mol. The Morgan fingerprint density at radius 1 is 1.33 bits per heavy atom. The SMILES string of the molecule is Cc1ccc(N)cc1NC(=O)c1cc(Br)cn1C(C)C.Cl. The van der Waals surface area contributed by atoms with Crippen LogP contribution in [0.2, 0.25) is 0 Å². The van der Waals surface area contributed by atoms with Gasteiger partial charge in [-0.2, -0.15) is 0 Å². The molecule has 0 aliphatic heterocycles. The van der Waals surface area contributed by atoms with E-state index < -0.39 is 0 Å². The van der Waals surface area contributed by atoms with Crippen molar-refractivity contribution in [3.63, 3.8) is 0 Å². The summed E-state index contributed by atoms with van der Waals surface area (Å²) >= 11 is 3.41. The lowest BCUT2D eigenvalue weighted by atomic mass is 10.2. The van der Waals surface area contributed by atoms with Crippen LogP contribution in [0.1, 0.15) is 35.9 Å². The van der Waals surface area contributed by atoms with Crippen molar-refractivity contribution in [2.75, 3.05) is 11.1 Å². The first-order valence-corrected chi connectivity index (χ1v) is 7.22. The molecule has 0 fully saturated rings. The highest BCUT2D eigenvalue weighted by molar-refractivity contribution is 9.10. The summed E-state index contributed by atoms with van der Waals surface area (Å²) in [5.41, 5.74) is 8.73. The highest BCUT2D eigenvalue weighted by Gasteiger charge is 2.15. The molecule has 1 amide bonds. The fraction of sp³-hybridized carbons (Fsp3) is 0.267. The Balaban J connectivity index is 0.00000220. The van der Waals surface area contributed by atoms with Crippen LogP contribution >= 0.6 is 28.3 Å². The molecule has 0 atom stereocenters. The fourth-order valence-electron chi connectivity index (χ4n) is 2.02. The number of anilines is 2. The van der Waals surface area contributed by atoms with Gasteiger partial charge in [0.15, 0.2) is 0 Å². The highest BCUT2D eigenvalue weighted by Crippen LogP contribution is 2.22. The Kier molecular flexibility index (Phi) is 5.87. The molecule has 0 bridgehead atoms. The van der Waals surface area contributed by atoms with E-state index in [0.29, 0.717) is 11.4 Å². The van der Waals surface area contributed by atoms with Gasteiger partial charge in [-0.1, -0.05) is 6.07 Å². The van der Waals surface area contributed by atoms with Crippen LogP contribution in [0.5, 0.6) is 0 Å². The van der Waals surface area contributed by atoms with Crippen molar-refractivity contribution in [3.05, 3.63) is 46.2 Å². The number of carbonyl (C=O) groups is 1. The quantitative estimate of drug-likeness (QED) is 0.785. The van der Waals surface area contributed by atoms with Crippen LogP contribution in [-0.2, 0) is 0 Å². The third-order valence-electron chi connectivity index (χ3n) is 3.11. The average Bonchev–Trinajstić information content (AvgIpc) is 2.76. The Hall–Kier alpha value is -1.46. The van der Waals surface area contributed by atoms with Crippen molar-refractivity contribution in [2.24, 2.45) is 0 Å². The molecule has 0 saturated heterocycles. The van der Waals surface area contributed by atoms with E-state index in [1.807, 2.05) is 49.7 Å². The van der Waals surface area contributed by atoms with Gasteiger partial charge in [-0.15, -0.1) is 12.4 Å². The second kappa shape index (κ2) is 7.00. The van der Waals surface area contributed by atoms with E-state index in [-0.39, 0.29) is 24.4 Å². The summed E-state index contributed by atoms with van der Waals surface area (Å²) in [4.78, 5) is 12.4. The molecule has 1 heterocycles. The van der Waals surface area contributed by atoms with Crippen LogP contribution in [0.15, 0.2) is 34.9 Å². The summed E-state index contributed by atoms with van der Waals surface area (Å²) < 4.78 is 2.82. The van der Waals surface area contributed by atoms with Gasteiger partial charge in [0.1, 0.15) is 5.69 Å². The Morgan fingerprint density at radius 2 is 2.00 bits per heavy atom. The molecule has 3 N–H and O–H groups in total. The van der Waals surface area contributed by atoms with Gasteiger partial charge in [-0.3, -0.25) is 4.79 Å². The fourth-order valence-corrected chi connectivity index (χ4v) is 2.45. The lowest BCUT2D eigenvalue weighted by Crippen LogP contribution is -2.18. The molecule has 1 aromatic carbocycles. The first-order chi connectivity index (χ1) is 9.38. The maximum absolute atomic E-state index is 12.4. The zero-order valence-corrected chi connectivity index (χ0v) is 14.6. The van der Waals surface area contributed by atoms with E-state index in [1.165, 1.54) is 0 Å². The third kappa shape index (κ3) is 4.02. The van der Waals surface area contributed by atoms with E-state index in [0.717, 1.165) is 15.7 Å². The molecule has 2 rings (SSSR count). The number of halogens is 2. The molecule has 0 aliphatic rings. The predicted molar refractivity (Wildman–Crippen MR) is 93.3 cm³/mol. The highest BCUT2D eigenvalue weighted by atomic mass is 79.9. The van der Waals surface area contributed by atoms with Crippen LogP contribution in [0, 0.1) is 6.92 Å². The first kappa shape index (κ1) is 17.6. The van der Waals surface area contributed by atoms with Gasteiger partial charge in [-0.05, 0) is 60.5 Å². The number of amides is 1. The number of benzene rings is 1. The predicted octanol–water partition coefficient (Wildman–Crippen LogP) is 4.40. The van der Waals surface area contributed by atoms with Gasteiger partial charge in [-0.25, -0.2) is 0 Å². The molecular formula is C15H19BrClN3O. The summed E-state index contributed by atoms with van der Waals surface area (Å²) in [5.74, 6) is -0.141. The van der Waals surface area contributed by atoms with E-state index in [9.17, 15) is 4.79 Å². The lowest BCUT2D eigenvalue weighted by molar-refractivity contribution is 0.101. The van der Waals surface area contributed by atoms with Crippen molar-refractivity contribution in [1.82, 2.24) is 4.57 Å². The number of nitrogens with two attached hydrogens (primary N) is 1. The summed E-state index contributed by atoms with van der Waals surface area (Å²) in [6.45, 7) is 6.01. The summed E-state index contributed by atoms with van der Waals surface area (Å²) in [5, 5.41) is 2.92. The molecule has 1 aromatic heterocycles.